The van der Waals surface area contributed by atoms with Crippen LogP contribution in [0.5, 0.6) is 11.6 Å². The van der Waals surface area contributed by atoms with Crippen molar-refractivity contribution < 1.29 is 14.3 Å². The second-order valence-corrected chi connectivity index (χ2v) is 4.14. The molecule has 2 aromatic heterocycles. The minimum absolute atomic E-state index is 0.343. The molecule has 7 nitrogen and oxygen atoms in total. The fraction of sp³-hybridized carbons (Fsp3) is 0.143. The van der Waals surface area contributed by atoms with Gasteiger partial charge >= 0.3 is 5.97 Å². The number of rotatable bonds is 4. The molecule has 2 heterocycles. The van der Waals surface area contributed by atoms with Gasteiger partial charge in [-0.25, -0.2) is 9.78 Å². The Labute approximate surface area is 120 Å². The first kappa shape index (κ1) is 13.0. The molecule has 7 heteroatoms. The smallest absolute Gasteiger partial charge is 0.338 e. The highest BCUT2D eigenvalue weighted by atomic mass is 16.5. The fourth-order valence-electron chi connectivity index (χ4n) is 1.79. The second kappa shape index (κ2) is 5.58. The maximum Gasteiger partial charge on any atom is 0.338 e. The van der Waals surface area contributed by atoms with Gasteiger partial charge in [-0.15, -0.1) is 10.2 Å². The van der Waals surface area contributed by atoms with Gasteiger partial charge in [0.1, 0.15) is 12.1 Å². The molecule has 0 fully saturated rings. The summed E-state index contributed by atoms with van der Waals surface area (Å²) in [5.74, 6) is 0.535. The number of hydrogen-bond donors (Lipinski definition) is 0. The molecular formula is C14H12N4O3. The molecule has 0 aliphatic heterocycles. The molecule has 0 radical (unpaired) electrons. The lowest BCUT2D eigenvalue weighted by Crippen LogP contribution is -2.04. The van der Waals surface area contributed by atoms with E-state index in [1.807, 2.05) is 0 Å². The summed E-state index contributed by atoms with van der Waals surface area (Å²) in [6.07, 6.45) is 4.89. The zero-order valence-corrected chi connectivity index (χ0v) is 11.3. The minimum atomic E-state index is -0.360. The maximum atomic E-state index is 11.6. The SMILES string of the molecule is CCOC(=O)c1ccc(Oc2nccn3cnnc23)cc1. The molecule has 0 unspecified atom stereocenters. The van der Waals surface area contributed by atoms with Crippen LogP contribution in [0.4, 0.5) is 0 Å². The molecule has 0 spiro atoms. The van der Waals surface area contributed by atoms with E-state index in [2.05, 4.69) is 15.2 Å². The standard InChI is InChI=1S/C14H12N4O3/c1-2-20-14(19)10-3-5-11(6-4-10)21-13-12-17-16-9-18(12)8-7-15-13/h3-9H,2H2,1H3. The molecule has 0 saturated carbocycles. The van der Waals surface area contributed by atoms with Crippen LogP contribution in [0.2, 0.25) is 0 Å². The van der Waals surface area contributed by atoms with E-state index in [1.54, 1.807) is 54.3 Å². The Morgan fingerprint density at radius 3 is 2.86 bits per heavy atom. The van der Waals surface area contributed by atoms with Crippen LogP contribution >= 0.6 is 0 Å². The third-order valence-corrected chi connectivity index (χ3v) is 2.76. The summed E-state index contributed by atoms with van der Waals surface area (Å²) in [4.78, 5) is 15.7. The molecule has 0 atom stereocenters. The number of esters is 1. The van der Waals surface area contributed by atoms with Crippen LogP contribution in [0.3, 0.4) is 0 Å². The number of nitrogens with zero attached hydrogens (tertiary/aromatic N) is 4. The van der Waals surface area contributed by atoms with Gasteiger partial charge in [-0.1, -0.05) is 0 Å². The van der Waals surface area contributed by atoms with Crippen molar-refractivity contribution in [2.24, 2.45) is 0 Å². The molecule has 0 aliphatic rings. The number of ether oxygens (including phenoxy) is 2. The van der Waals surface area contributed by atoms with Crippen molar-refractivity contribution in [1.29, 1.82) is 0 Å². The molecular weight excluding hydrogens is 272 g/mol. The largest absolute Gasteiger partial charge is 0.462 e. The normalized spacial score (nSPS) is 10.5. The van der Waals surface area contributed by atoms with Crippen LogP contribution in [0.1, 0.15) is 17.3 Å². The van der Waals surface area contributed by atoms with E-state index in [4.69, 9.17) is 9.47 Å². The van der Waals surface area contributed by atoms with Gasteiger partial charge in [0.25, 0.3) is 5.88 Å². The van der Waals surface area contributed by atoms with Crippen molar-refractivity contribution in [3.05, 3.63) is 48.5 Å². The Morgan fingerprint density at radius 2 is 2.10 bits per heavy atom. The lowest BCUT2D eigenvalue weighted by molar-refractivity contribution is 0.0526. The first-order valence-electron chi connectivity index (χ1n) is 6.37. The summed E-state index contributed by atoms with van der Waals surface area (Å²) in [5, 5.41) is 7.73. The van der Waals surface area contributed by atoms with Crippen molar-refractivity contribution in [2.75, 3.05) is 6.61 Å². The fourth-order valence-corrected chi connectivity index (χ4v) is 1.79. The molecule has 3 rings (SSSR count). The van der Waals surface area contributed by atoms with Crippen molar-refractivity contribution in [3.63, 3.8) is 0 Å². The monoisotopic (exact) mass is 284 g/mol. The van der Waals surface area contributed by atoms with Gasteiger partial charge in [0.15, 0.2) is 0 Å². The molecule has 0 saturated heterocycles. The molecule has 0 bridgehead atoms. The molecule has 1 aromatic carbocycles. The quantitative estimate of drug-likeness (QED) is 0.683. The van der Waals surface area contributed by atoms with Gasteiger partial charge in [-0.3, -0.25) is 4.40 Å². The zero-order valence-electron chi connectivity index (χ0n) is 11.3. The van der Waals surface area contributed by atoms with E-state index in [9.17, 15) is 4.79 Å². The van der Waals surface area contributed by atoms with Gasteiger partial charge in [0, 0.05) is 12.4 Å². The summed E-state index contributed by atoms with van der Waals surface area (Å²) in [7, 11) is 0. The van der Waals surface area contributed by atoms with E-state index in [0.29, 0.717) is 29.4 Å². The molecule has 106 valence electrons. The Balaban J connectivity index is 1.82. The first-order chi connectivity index (χ1) is 10.3. The summed E-state index contributed by atoms with van der Waals surface area (Å²) < 4.78 is 12.3. The van der Waals surface area contributed by atoms with Crippen LogP contribution in [0.15, 0.2) is 43.0 Å². The lowest BCUT2D eigenvalue weighted by Gasteiger charge is -2.06. The van der Waals surface area contributed by atoms with Crippen LogP contribution in [0.25, 0.3) is 5.65 Å². The Bertz CT molecular complexity index is 767. The average Bonchev–Trinajstić information content (AvgIpc) is 2.98. The van der Waals surface area contributed by atoms with Crippen molar-refractivity contribution in [3.8, 4) is 11.6 Å². The van der Waals surface area contributed by atoms with E-state index >= 15 is 0 Å². The summed E-state index contributed by atoms with van der Waals surface area (Å²) in [5.41, 5.74) is 0.991. The van der Waals surface area contributed by atoms with Gasteiger partial charge < -0.3 is 9.47 Å². The van der Waals surface area contributed by atoms with Crippen LogP contribution in [-0.2, 0) is 4.74 Å². The predicted octanol–water partition coefficient (Wildman–Crippen LogP) is 2.09. The average molecular weight is 284 g/mol. The number of benzene rings is 1. The van der Waals surface area contributed by atoms with Gasteiger partial charge in [0.2, 0.25) is 5.65 Å². The highest BCUT2D eigenvalue weighted by Crippen LogP contribution is 2.22. The van der Waals surface area contributed by atoms with E-state index in [-0.39, 0.29) is 5.97 Å². The predicted molar refractivity (Wildman–Crippen MR) is 73.3 cm³/mol. The summed E-state index contributed by atoms with van der Waals surface area (Å²) in [6, 6.07) is 6.62. The lowest BCUT2D eigenvalue weighted by atomic mass is 10.2. The van der Waals surface area contributed by atoms with E-state index in [0.717, 1.165) is 0 Å². The van der Waals surface area contributed by atoms with Crippen molar-refractivity contribution >= 4 is 11.6 Å². The van der Waals surface area contributed by atoms with Crippen molar-refractivity contribution in [1.82, 2.24) is 19.6 Å². The molecule has 0 aliphatic carbocycles. The van der Waals surface area contributed by atoms with Crippen molar-refractivity contribution in [2.45, 2.75) is 6.92 Å². The Kier molecular flexibility index (Phi) is 3.46. The van der Waals surface area contributed by atoms with Gasteiger partial charge in [-0.05, 0) is 31.2 Å². The number of hydrogen-bond acceptors (Lipinski definition) is 6. The second-order valence-electron chi connectivity index (χ2n) is 4.14. The zero-order chi connectivity index (χ0) is 14.7. The number of carbonyl (C=O) groups is 1. The van der Waals surface area contributed by atoms with Crippen LogP contribution in [-0.4, -0.2) is 32.2 Å². The summed E-state index contributed by atoms with van der Waals surface area (Å²) >= 11 is 0. The topological polar surface area (TPSA) is 78.6 Å². The van der Waals surface area contributed by atoms with Crippen LogP contribution in [0, 0.1) is 0 Å². The molecule has 21 heavy (non-hydrogen) atoms. The Hall–Kier alpha value is -2.96. The third-order valence-electron chi connectivity index (χ3n) is 2.76. The highest BCUT2D eigenvalue weighted by molar-refractivity contribution is 5.89. The number of fused-ring (bicyclic) bond motifs is 1. The highest BCUT2D eigenvalue weighted by Gasteiger charge is 2.09. The third kappa shape index (κ3) is 2.66. The molecule has 3 aromatic rings. The van der Waals surface area contributed by atoms with E-state index in [1.165, 1.54) is 0 Å². The Morgan fingerprint density at radius 1 is 1.29 bits per heavy atom. The molecule has 0 amide bonds. The molecule has 0 N–H and O–H groups in total. The number of carbonyl (C=O) groups excluding carboxylic acids is 1. The van der Waals surface area contributed by atoms with E-state index < -0.39 is 0 Å². The van der Waals surface area contributed by atoms with Gasteiger partial charge in [-0.2, -0.15) is 0 Å². The minimum Gasteiger partial charge on any atom is -0.462 e. The number of aromatic nitrogens is 4. The van der Waals surface area contributed by atoms with Crippen LogP contribution < -0.4 is 4.74 Å². The van der Waals surface area contributed by atoms with Gasteiger partial charge in [0.05, 0.1) is 12.2 Å². The first-order valence-corrected chi connectivity index (χ1v) is 6.37. The summed E-state index contributed by atoms with van der Waals surface area (Å²) in [6.45, 7) is 2.11. The maximum absolute atomic E-state index is 11.6.